The van der Waals surface area contributed by atoms with Crippen molar-refractivity contribution < 1.29 is 42.5 Å². The van der Waals surface area contributed by atoms with E-state index in [0.29, 0.717) is 23.1 Å². The monoisotopic (exact) mass is 572 g/mol. The molecule has 0 fully saturated rings. The average molecular weight is 572 g/mol. The molecule has 8 N–H and O–H groups in total. The zero-order chi connectivity index (χ0) is 26.2. The molecule has 35 heavy (non-hydrogen) atoms. The lowest BCUT2D eigenvalue weighted by molar-refractivity contribution is -0.113. The normalized spacial score (nSPS) is 15.5. The molecule has 0 aliphatic carbocycles. The summed E-state index contributed by atoms with van der Waals surface area (Å²) in [7, 11) is -10.1. The first-order valence-corrected chi connectivity index (χ1v) is 13.7. The van der Waals surface area contributed by atoms with Gasteiger partial charge >= 0.3 is 15.5 Å². The fourth-order valence-electron chi connectivity index (χ4n) is 1.81. The number of rotatable bonds is 14. The first kappa shape index (κ1) is 28.2. The number of nitrogens with zero attached hydrogens (tertiary/aromatic N) is 6. The van der Waals surface area contributed by atoms with Crippen molar-refractivity contribution in [1.82, 2.24) is 18.7 Å². The van der Waals surface area contributed by atoms with Gasteiger partial charge in [-0.25, -0.2) is 9.13 Å². The highest BCUT2D eigenvalue weighted by molar-refractivity contribution is 7.68. The van der Waals surface area contributed by atoms with Gasteiger partial charge in [-0.2, -0.15) is 23.0 Å². The number of aromatic nitrogens is 4. The van der Waals surface area contributed by atoms with Crippen LogP contribution in [0.1, 0.15) is 25.5 Å². The van der Waals surface area contributed by atoms with Crippen molar-refractivity contribution in [3.05, 3.63) is 11.6 Å². The fraction of sp³-hybridized carbons (Fsp3) is 0.333. The van der Waals surface area contributed by atoms with Crippen molar-refractivity contribution in [3.8, 4) is 0 Å². The predicted octanol–water partition coefficient (Wildman–Crippen LogP) is -0.417. The van der Waals surface area contributed by atoms with Crippen molar-refractivity contribution in [2.75, 3.05) is 23.4 Å². The SMILES string of the molecule is CCO/N=C(\C(N)=O)c1nsc(NP(=O)(O)OP(=O)(O)Nc2nc(/C(=N/OCC)C(N)=O)ns2)n1. The standard InChI is InChI=1S/C12H18N10O9P2S2/c1-3-29-17-5(7(13)23)9-15-11(34-21-9)19-32(25,26)31-33(27,28)20-12-16-10(22-35-12)6(8(14)24)18-30-4-2/h3-4H2,1-2H3,(H2,13,23)(H2,14,24)(H2,15,19,21,25,26)(H2,16,20,22,27,28)/b17-5+,18-6+. The predicted molar refractivity (Wildman–Crippen MR) is 123 cm³/mol. The van der Waals surface area contributed by atoms with E-state index in [2.05, 4.69) is 33.3 Å². The van der Waals surface area contributed by atoms with Crippen molar-refractivity contribution in [2.45, 2.75) is 13.8 Å². The summed E-state index contributed by atoms with van der Waals surface area (Å²) in [6.45, 7) is 3.42. The molecule has 0 aliphatic rings. The Bertz CT molecular complexity index is 1140. The van der Waals surface area contributed by atoms with E-state index in [4.69, 9.17) is 21.1 Å². The van der Waals surface area contributed by atoms with Gasteiger partial charge in [-0.1, -0.05) is 10.3 Å². The van der Waals surface area contributed by atoms with Gasteiger partial charge in [0.15, 0.2) is 0 Å². The molecule has 0 saturated heterocycles. The summed E-state index contributed by atoms with van der Waals surface area (Å²) >= 11 is 0.984. The lowest BCUT2D eigenvalue weighted by atomic mass is 10.3. The smallest absolute Gasteiger partial charge is 0.395 e. The number of amides is 2. The largest absolute Gasteiger partial charge is 0.440 e. The van der Waals surface area contributed by atoms with Crippen LogP contribution in [0.4, 0.5) is 10.3 Å². The highest BCUT2D eigenvalue weighted by Gasteiger charge is 2.35. The van der Waals surface area contributed by atoms with E-state index in [9.17, 15) is 28.5 Å². The second-order valence-corrected chi connectivity index (χ2v) is 10.3. The van der Waals surface area contributed by atoms with Crippen molar-refractivity contribution >= 4 is 72.1 Å². The van der Waals surface area contributed by atoms with E-state index in [-0.39, 0.29) is 35.1 Å². The number of primary amides is 2. The molecule has 0 saturated carbocycles. The Morgan fingerprint density at radius 2 is 1.26 bits per heavy atom. The summed E-state index contributed by atoms with van der Waals surface area (Å²) in [5.74, 6) is -2.72. The maximum Gasteiger partial charge on any atom is 0.440 e. The van der Waals surface area contributed by atoms with Crippen LogP contribution < -0.4 is 21.6 Å². The molecule has 0 spiro atoms. The van der Waals surface area contributed by atoms with Crippen LogP contribution in [0.2, 0.25) is 0 Å². The number of nitrogens with one attached hydrogen (secondary N) is 2. The Kier molecular flexibility index (Phi) is 9.72. The van der Waals surface area contributed by atoms with E-state index in [1.165, 1.54) is 0 Å². The van der Waals surface area contributed by atoms with Gasteiger partial charge in [0, 0.05) is 23.1 Å². The summed E-state index contributed by atoms with van der Waals surface area (Å²) in [5.41, 5.74) is 9.39. The summed E-state index contributed by atoms with van der Waals surface area (Å²) in [4.78, 5) is 59.8. The molecule has 0 bridgehead atoms. The highest BCUT2D eigenvalue weighted by atomic mass is 32.1. The van der Waals surface area contributed by atoms with Crippen LogP contribution in [0.25, 0.3) is 0 Å². The van der Waals surface area contributed by atoms with E-state index in [1.807, 2.05) is 10.2 Å². The topological polar surface area (TPSA) is 289 Å². The van der Waals surface area contributed by atoms with Gasteiger partial charge in [-0.15, -0.1) is 0 Å². The molecule has 23 heteroatoms. The van der Waals surface area contributed by atoms with E-state index in [0.717, 1.165) is 0 Å². The molecule has 2 heterocycles. The third kappa shape index (κ3) is 8.58. The molecule has 2 amide bonds. The van der Waals surface area contributed by atoms with E-state index < -0.39 is 38.7 Å². The molecule has 0 radical (unpaired) electrons. The fourth-order valence-corrected chi connectivity index (χ4v) is 5.80. The highest BCUT2D eigenvalue weighted by Crippen LogP contribution is 2.58. The van der Waals surface area contributed by atoms with Crippen LogP contribution in [-0.2, 0) is 32.7 Å². The van der Waals surface area contributed by atoms with Gasteiger partial charge in [-0.05, 0) is 13.8 Å². The van der Waals surface area contributed by atoms with Gasteiger partial charge < -0.3 is 30.9 Å². The first-order chi connectivity index (χ1) is 16.4. The number of nitrogens with two attached hydrogens (primary N) is 2. The summed E-state index contributed by atoms with van der Waals surface area (Å²) in [5, 5.41) is 9.89. The Labute approximate surface area is 204 Å². The van der Waals surface area contributed by atoms with E-state index >= 15 is 0 Å². The van der Waals surface area contributed by atoms with Crippen molar-refractivity contribution in [3.63, 3.8) is 0 Å². The third-order valence-electron chi connectivity index (χ3n) is 3.01. The molecule has 19 nitrogen and oxygen atoms in total. The van der Waals surface area contributed by atoms with Crippen LogP contribution in [0.5, 0.6) is 0 Å². The third-order valence-corrected chi connectivity index (χ3v) is 7.33. The molecular weight excluding hydrogens is 554 g/mol. The number of hydrogen-bond acceptors (Lipinski definition) is 15. The summed E-state index contributed by atoms with van der Waals surface area (Å²) in [6, 6.07) is 0. The zero-order valence-corrected chi connectivity index (χ0v) is 21.1. The van der Waals surface area contributed by atoms with Crippen LogP contribution in [0, 0.1) is 0 Å². The van der Waals surface area contributed by atoms with Gasteiger partial charge in [0.2, 0.25) is 33.3 Å². The quantitative estimate of drug-likeness (QED) is 0.0952. The maximum absolute atomic E-state index is 12.3. The van der Waals surface area contributed by atoms with Crippen LogP contribution >= 0.6 is 38.6 Å². The number of carbonyl (C=O) groups is 2. The Hall–Kier alpha value is -3.06. The lowest BCUT2D eigenvalue weighted by Gasteiger charge is -2.16. The molecule has 2 aromatic rings. The Balaban J connectivity index is 2.11. The molecule has 2 aromatic heterocycles. The maximum atomic E-state index is 12.3. The van der Waals surface area contributed by atoms with Gasteiger partial charge in [0.05, 0.1) is 0 Å². The lowest BCUT2D eigenvalue weighted by Crippen LogP contribution is -2.25. The minimum atomic E-state index is -5.04. The minimum absolute atomic E-state index is 0.115. The molecule has 2 atom stereocenters. The van der Waals surface area contributed by atoms with Gasteiger partial charge in [-0.3, -0.25) is 19.8 Å². The Morgan fingerprint density at radius 1 is 0.886 bits per heavy atom. The molecular formula is C12H18N10O9P2S2. The van der Waals surface area contributed by atoms with E-state index in [1.54, 1.807) is 13.8 Å². The number of anilines is 2. The average Bonchev–Trinajstić information content (AvgIpc) is 3.36. The van der Waals surface area contributed by atoms with Crippen molar-refractivity contribution in [2.24, 2.45) is 21.8 Å². The van der Waals surface area contributed by atoms with Crippen molar-refractivity contribution in [1.29, 1.82) is 0 Å². The zero-order valence-electron chi connectivity index (χ0n) is 17.7. The second kappa shape index (κ2) is 12.1. The molecule has 2 unspecified atom stereocenters. The Morgan fingerprint density at radius 3 is 1.57 bits per heavy atom. The van der Waals surface area contributed by atoms with Gasteiger partial charge in [0.25, 0.3) is 11.8 Å². The van der Waals surface area contributed by atoms with Crippen LogP contribution in [0.3, 0.4) is 0 Å². The molecule has 0 aromatic carbocycles. The molecule has 2 rings (SSSR count). The first-order valence-electron chi connectivity index (χ1n) is 8.98. The molecule has 192 valence electrons. The van der Waals surface area contributed by atoms with Gasteiger partial charge in [0.1, 0.15) is 13.2 Å². The summed E-state index contributed by atoms with van der Waals surface area (Å²) in [6.07, 6.45) is 0. The molecule has 0 aliphatic heterocycles. The number of carbonyl (C=O) groups excluding carboxylic acids is 2. The summed E-state index contributed by atoms with van der Waals surface area (Å²) < 4.78 is 36.5. The number of oxime groups is 2. The minimum Gasteiger partial charge on any atom is -0.395 e. The second-order valence-electron chi connectivity index (χ2n) is 5.64. The van der Waals surface area contributed by atoms with Crippen LogP contribution in [-0.4, -0.2) is 65.0 Å². The van der Waals surface area contributed by atoms with Crippen LogP contribution in [0.15, 0.2) is 10.3 Å². The number of hydrogen-bond donors (Lipinski definition) is 6.